The van der Waals surface area contributed by atoms with Gasteiger partial charge in [-0.15, -0.1) is 0 Å². The Morgan fingerprint density at radius 1 is 1.64 bits per heavy atom. The summed E-state index contributed by atoms with van der Waals surface area (Å²) in [5, 5.41) is 3.92. The van der Waals surface area contributed by atoms with Crippen molar-refractivity contribution in [3.8, 4) is 0 Å². The van der Waals surface area contributed by atoms with E-state index in [4.69, 9.17) is 4.52 Å². The second kappa shape index (κ2) is 2.75. The van der Waals surface area contributed by atoms with Crippen LogP contribution in [0.3, 0.4) is 0 Å². The lowest BCUT2D eigenvalue weighted by Crippen LogP contribution is -2.25. The van der Waals surface area contributed by atoms with E-state index in [0.29, 0.717) is 0 Å². The number of halogens is 1. The molecule has 1 aromatic rings. The zero-order valence-corrected chi connectivity index (χ0v) is 8.46. The molecule has 0 saturated carbocycles. The Bertz CT molecular complexity index is 271. The van der Waals surface area contributed by atoms with E-state index in [9.17, 15) is 0 Å². The van der Waals surface area contributed by atoms with E-state index in [0.717, 1.165) is 29.0 Å². The Balaban J connectivity index is 2.36. The summed E-state index contributed by atoms with van der Waals surface area (Å²) < 4.78 is 6.19. The van der Waals surface area contributed by atoms with E-state index >= 15 is 0 Å². The van der Waals surface area contributed by atoms with Crippen LogP contribution in [0.1, 0.15) is 11.3 Å². The lowest BCUT2D eigenvalue weighted by Gasteiger charge is -2.19. The van der Waals surface area contributed by atoms with Crippen LogP contribution in [-0.4, -0.2) is 23.6 Å². The molecule has 0 saturated heterocycles. The second-order valence-electron chi connectivity index (χ2n) is 2.86. The molecule has 0 bridgehead atoms. The first-order chi connectivity index (χ1) is 5.27. The summed E-state index contributed by atoms with van der Waals surface area (Å²) in [6.45, 7) is 2.02. The maximum atomic E-state index is 5.16. The van der Waals surface area contributed by atoms with Gasteiger partial charge in [-0.25, -0.2) is 0 Å². The van der Waals surface area contributed by atoms with Crippen molar-refractivity contribution in [1.29, 1.82) is 0 Å². The molecule has 2 rings (SSSR count). The topological polar surface area (TPSA) is 29.3 Å². The van der Waals surface area contributed by atoms with Gasteiger partial charge in [-0.2, -0.15) is 0 Å². The molecule has 0 aromatic carbocycles. The van der Waals surface area contributed by atoms with Crippen molar-refractivity contribution in [1.82, 2.24) is 10.1 Å². The van der Waals surface area contributed by atoms with Crippen molar-refractivity contribution >= 4 is 22.6 Å². The van der Waals surface area contributed by atoms with E-state index in [-0.39, 0.29) is 0 Å². The maximum Gasteiger partial charge on any atom is 0.155 e. The van der Waals surface area contributed by atoms with Gasteiger partial charge < -0.3 is 4.52 Å². The molecule has 1 aliphatic heterocycles. The maximum absolute atomic E-state index is 5.16. The third kappa shape index (κ3) is 1.29. The van der Waals surface area contributed by atoms with Crippen molar-refractivity contribution in [2.75, 3.05) is 13.6 Å². The third-order valence-corrected chi connectivity index (χ3v) is 2.83. The fourth-order valence-electron chi connectivity index (χ4n) is 1.31. The van der Waals surface area contributed by atoms with Crippen molar-refractivity contribution in [3.63, 3.8) is 0 Å². The van der Waals surface area contributed by atoms with Crippen molar-refractivity contribution in [2.24, 2.45) is 0 Å². The molecule has 2 heterocycles. The molecule has 0 radical (unpaired) electrons. The number of hydrogen-bond acceptors (Lipinski definition) is 3. The van der Waals surface area contributed by atoms with E-state index < -0.39 is 0 Å². The van der Waals surface area contributed by atoms with Crippen LogP contribution >= 0.6 is 22.6 Å². The zero-order valence-electron chi connectivity index (χ0n) is 6.30. The van der Waals surface area contributed by atoms with Gasteiger partial charge in [0.2, 0.25) is 0 Å². The highest BCUT2D eigenvalue weighted by atomic mass is 127. The Labute approximate surface area is 78.9 Å². The summed E-state index contributed by atoms with van der Waals surface area (Å²) in [7, 11) is 2.10. The molecule has 1 aromatic heterocycles. The Hall–Kier alpha value is -0.100. The van der Waals surface area contributed by atoms with Gasteiger partial charge in [-0.1, -0.05) is 5.16 Å². The molecular weight excluding hydrogens is 255 g/mol. The summed E-state index contributed by atoms with van der Waals surface area (Å²) in [5.41, 5.74) is 1.31. The van der Waals surface area contributed by atoms with Crippen LogP contribution in [0.15, 0.2) is 4.52 Å². The predicted molar refractivity (Wildman–Crippen MR) is 49.3 cm³/mol. The SMILES string of the molecule is CN1CCc2c(I)noc2C1. The van der Waals surface area contributed by atoms with Crippen LogP contribution < -0.4 is 0 Å². The summed E-state index contributed by atoms with van der Waals surface area (Å²) in [6, 6.07) is 0. The predicted octanol–water partition coefficient (Wildman–Crippen LogP) is 1.27. The lowest BCUT2D eigenvalue weighted by atomic mass is 10.1. The second-order valence-corrected chi connectivity index (χ2v) is 3.88. The lowest BCUT2D eigenvalue weighted by molar-refractivity contribution is 0.257. The zero-order chi connectivity index (χ0) is 7.84. The molecule has 0 aliphatic carbocycles. The molecule has 0 amide bonds. The third-order valence-electron chi connectivity index (χ3n) is 1.98. The molecule has 60 valence electrons. The van der Waals surface area contributed by atoms with Crippen LogP contribution in [0.25, 0.3) is 0 Å². The Morgan fingerprint density at radius 2 is 2.45 bits per heavy atom. The highest BCUT2D eigenvalue weighted by Gasteiger charge is 2.20. The molecule has 1 aliphatic rings. The summed E-state index contributed by atoms with van der Waals surface area (Å²) in [6.07, 6.45) is 1.08. The number of aromatic nitrogens is 1. The van der Waals surface area contributed by atoms with E-state index in [2.05, 4.69) is 39.7 Å². The molecule has 0 fully saturated rings. The first kappa shape index (κ1) is 7.54. The quantitative estimate of drug-likeness (QED) is 0.661. The van der Waals surface area contributed by atoms with Crippen molar-refractivity contribution in [2.45, 2.75) is 13.0 Å². The van der Waals surface area contributed by atoms with Gasteiger partial charge in [0.25, 0.3) is 0 Å². The first-order valence-corrected chi connectivity index (χ1v) is 4.66. The van der Waals surface area contributed by atoms with Crippen LogP contribution in [0.5, 0.6) is 0 Å². The van der Waals surface area contributed by atoms with E-state index in [1.165, 1.54) is 5.56 Å². The minimum Gasteiger partial charge on any atom is -0.359 e. The number of fused-ring (bicyclic) bond motifs is 1. The normalized spacial score (nSPS) is 18.4. The van der Waals surface area contributed by atoms with Crippen molar-refractivity contribution < 1.29 is 4.52 Å². The molecule has 0 N–H and O–H groups in total. The number of likely N-dealkylation sites (N-methyl/N-ethyl adjacent to an activating group) is 1. The fraction of sp³-hybridized carbons (Fsp3) is 0.571. The summed E-state index contributed by atoms with van der Waals surface area (Å²) in [5.74, 6) is 1.04. The smallest absolute Gasteiger partial charge is 0.155 e. The minimum atomic E-state index is 0.908. The average Bonchev–Trinajstić information content (AvgIpc) is 2.32. The van der Waals surface area contributed by atoms with Gasteiger partial charge in [0.1, 0.15) is 3.70 Å². The molecule has 4 heteroatoms. The molecule has 3 nitrogen and oxygen atoms in total. The molecular formula is C7H9IN2O. The molecule has 0 unspecified atom stereocenters. The van der Waals surface area contributed by atoms with E-state index in [1.807, 2.05) is 0 Å². The van der Waals surface area contributed by atoms with E-state index in [1.54, 1.807) is 0 Å². The van der Waals surface area contributed by atoms with Gasteiger partial charge in [-0.05, 0) is 36.1 Å². The fourth-order valence-corrected chi connectivity index (χ4v) is 1.98. The van der Waals surface area contributed by atoms with Crippen LogP contribution in [0.2, 0.25) is 0 Å². The Morgan fingerprint density at radius 3 is 3.27 bits per heavy atom. The Kier molecular flexibility index (Phi) is 1.88. The van der Waals surface area contributed by atoms with Crippen molar-refractivity contribution in [3.05, 3.63) is 15.0 Å². The first-order valence-electron chi connectivity index (χ1n) is 3.59. The summed E-state index contributed by atoms with van der Waals surface area (Å²) >= 11 is 2.22. The number of rotatable bonds is 0. The minimum absolute atomic E-state index is 0.908. The van der Waals surface area contributed by atoms with Gasteiger partial charge in [0.05, 0.1) is 6.54 Å². The highest BCUT2D eigenvalue weighted by molar-refractivity contribution is 14.1. The molecule has 11 heavy (non-hydrogen) atoms. The van der Waals surface area contributed by atoms with Crippen LogP contribution in [0, 0.1) is 3.70 Å². The van der Waals surface area contributed by atoms with Gasteiger partial charge >= 0.3 is 0 Å². The standard InChI is InChI=1S/C7H9IN2O/c1-10-3-2-5-6(4-10)11-9-7(5)8/h2-4H2,1H3. The number of hydrogen-bond donors (Lipinski definition) is 0. The van der Waals surface area contributed by atoms with Crippen LogP contribution in [-0.2, 0) is 13.0 Å². The summed E-state index contributed by atoms with van der Waals surface area (Å²) in [4.78, 5) is 2.24. The van der Waals surface area contributed by atoms with Gasteiger partial charge in [0, 0.05) is 12.1 Å². The van der Waals surface area contributed by atoms with Gasteiger partial charge in [-0.3, -0.25) is 4.90 Å². The van der Waals surface area contributed by atoms with Crippen LogP contribution in [0.4, 0.5) is 0 Å². The highest BCUT2D eigenvalue weighted by Crippen LogP contribution is 2.21. The average molecular weight is 264 g/mol. The van der Waals surface area contributed by atoms with Gasteiger partial charge in [0.15, 0.2) is 5.76 Å². The molecule has 0 atom stereocenters. The molecule has 0 spiro atoms. The monoisotopic (exact) mass is 264 g/mol. The largest absolute Gasteiger partial charge is 0.359 e. The number of nitrogens with zero attached hydrogens (tertiary/aromatic N) is 2.